The number of ether oxygens (including phenoxy) is 1. The van der Waals surface area contributed by atoms with Gasteiger partial charge in [0.1, 0.15) is 0 Å². The van der Waals surface area contributed by atoms with Crippen LogP contribution >= 0.6 is 11.6 Å². The van der Waals surface area contributed by atoms with E-state index in [0.29, 0.717) is 18.7 Å². The van der Waals surface area contributed by atoms with Crippen LogP contribution < -0.4 is 5.32 Å². The fourth-order valence-electron chi connectivity index (χ4n) is 3.30. The van der Waals surface area contributed by atoms with Gasteiger partial charge in [-0.3, -0.25) is 4.79 Å². The molecule has 0 unspecified atom stereocenters. The van der Waals surface area contributed by atoms with E-state index < -0.39 is 11.1 Å². The summed E-state index contributed by atoms with van der Waals surface area (Å²) < 4.78 is 5.26. The second kappa shape index (κ2) is 8.52. The van der Waals surface area contributed by atoms with E-state index in [0.717, 1.165) is 0 Å². The van der Waals surface area contributed by atoms with Crippen molar-refractivity contribution in [1.82, 2.24) is 5.32 Å². The van der Waals surface area contributed by atoms with E-state index in [1.165, 1.54) is 5.56 Å². The van der Waals surface area contributed by atoms with E-state index >= 15 is 0 Å². The molecule has 2 aliphatic rings. The Morgan fingerprint density at radius 3 is 2.17 bits per heavy atom. The predicted molar refractivity (Wildman–Crippen MR) is 97.0 cm³/mol. The van der Waals surface area contributed by atoms with Crippen LogP contribution in [-0.4, -0.2) is 28.9 Å². The highest BCUT2D eigenvalue weighted by Gasteiger charge is 2.75. The van der Waals surface area contributed by atoms with Gasteiger partial charge in [-0.05, 0) is 26.7 Å². The molecule has 1 aromatic rings. The van der Waals surface area contributed by atoms with Crippen molar-refractivity contribution in [2.45, 2.75) is 58.6 Å². The van der Waals surface area contributed by atoms with Gasteiger partial charge in [0.2, 0.25) is 5.91 Å². The number of halogens is 1. The number of carbonyl (C=O) groups is 2. The molecule has 2 fully saturated rings. The first-order valence-electron chi connectivity index (χ1n) is 8.54. The Morgan fingerprint density at radius 2 is 1.79 bits per heavy atom. The van der Waals surface area contributed by atoms with Gasteiger partial charge in [-0.25, -0.2) is 4.79 Å². The van der Waals surface area contributed by atoms with Crippen molar-refractivity contribution in [2.24, 2.45) is 5.92 Å². The Bertz CT molecular complexity index is 563. The Balaban J connectivity index is 0.000000268. The normalized spacial score (nSPS) is 29.7. The van der Waals surface area contributed by atoms with Gasteiger partial charge in [0.25, 0.3) is 0 Å². The third-order valence-electron chi connectivity index (χ3n) is 4.65. The van der Waals surface area contributed by atoms with Crippen molar-refractivity contribution < 1.29 is 14.3 Å². The molecule has 134 valence electrons. The first kappa shape index (κ1) is 20.5. The van der Waals surface area contributed by atoms with Gasteiger partial charge in [0.05, 0.1) is 5.92 Å². The molecule has 2 saturated heterocycles. The van der Waals surface area contributed by atoms with Gasteiger partial charge in [0.15, 0.2) is 11.1 Å². The Kier molecular flexibility index (Phi) is 7.27. The van der Waals surface area contributed by atoms with Crippen LogP contribution in [0.3, 0.4) is 0 Å². The maximum absolute atomic E-state index is 11.7. The van der Waals surface area contributed by atoms with Crippen molar-refractivity contribution >= 4 is 23.5 Å². The van der Waals surface area contributed by atoms with E-state index in [1.54, 1.807) is 6.92 Å². The van der Waals surface area contributed by atoms with Crippen molar-refractivity contribution in [3.05, 3.63) is 35.9 Å². The molecule has 1 aromatic carbocycles. The molecule has 1 amide bonds. The number of rotatable bonds is 3. The first-order valence-corrected chi connectivity index (χ1v) is 9.08. The summed E-state index contributed by atoms with van der Waals surface area (Å²) in [6.07, 6.45) is 1.18. The van der Waals surface area contributed by atoms with Crippen molar-refractivity contribution in [3.8, 4) is 0 Å². The predicted octanol–water partition coefficient (Wildman–Crippen LogP) is 3.85. The monoisotopic (exact) mass is 353 g/mol. The number of alkyl halides is 1. The maximum Gasteiger partial charge on any atom is 0.336 e. The van der Waals surface area contributed by atoms with Gasteiger partial charge in [-0.15, -0.1) is 11.6 Å². The minimum atomic E-state index is -0.838. The Hall–Kier alpha value is -1.55. The summed E-state index contributed by atoms with van der Waals surface area (Å²) in [6, 6.07) is 10.3. The van der Waals surface area contributed by atoms with Gasteiger partial charge >= 0.3 is 5.97 Å². The molecule has 3 rings (SSSR count). The standard InChI is InChI=1S/C10H14ClNO3.C7H8.C2H6/c1-3-10-6(4-5-11)7(13)12-9(10,2)8(14)15-10;1-7-5-3-2-4-6-7;1-2/h6H,3-5H2,1-2H3,(H,12,13);2-6H,1H3;1-2H3/t6-,9-,10-;;/m0../s1. The first-order chi connectivity index (χ1) is 11.4. The highest BCUT2D eigenvalue weighted by atomic mass is 35.5. The van der Waals surface area contributed by atoms with Crippen molar-refractivity contribution in [1.29, 1.82) is 0 Å². The van der Waals surface area contributed by atoms with E-state index in [9.17, 15) is 9.59 Å². The number of nitrogens with one attached hydrogen (secondary N) is 1. The van der Waals surface area contributed by atoms with Crippen LogP contribution in [0.2, 0.25) is 0 Å². The topological polar surface area (TPSA) is 55.4 Å². The third-order valence-corrected chi connectivity index (χ3v) is 4.86. The molecule has 0 bridgehead atoms. The highest BCUT2D eigenvalue weighted by Crippen LogP contribution is 2.51. The van der Waals surface area contributed by atoms with Gasteiger partial charge < -0.3 is 10.1 Å². The van der Waals surface area contributed by atoms with Gasteiger partial charge in [-0.1, -0.05) is 56.7 Å². The van der Waals surface area contributed by atoms with E-state index in [2.05, 4.69) is 24.4 Å². The number of hydrogen-bond donors (Lipinski definition) is 1. The summed E-state index contributed by atoms with van der Waals surface area (Å²) in [5, 5.41) is 2.73. The fourth-order valence-corrected chi connectivity index (χ4v) is 3.52. The molecule has 0 saturated carbocycles. The number of benzene rings is 1. The molecule has 2 aliphatic heterocycles. The van der Waals surface area contributed by atoms with Crippen LogP contribution in [0.1, 0.15) is 46.1 Å². The molecule has 5 heteroatoms. The van der Waals surface area contributed by atoms with E-state index in [4.69, 9.17) is 16.3 Å². The fraction of sp³-hybridized carbons (Fsp3) is 0.579. The summed E-state index contributed by atoms with van der Waals surface area (Å²) in [4.78, 5) is 23.2. The molecule has 4 nitrogen and oxygen atoms in total. The zero-order chi connectivity index (χ0) is 18.4. The average Bonchev–Trinajstić information content (AvgIpc) is 2.76. The molecular weight excluding hydrogens is 326 g/mol. The molecule has 24 heavy (non-hydrogen) atoms. The molecular formula is C19H28ClNO3. The number of aryl methyl sites for hydroxylation is 1. The SMILES string of the molecule is CC.CC[C@@]12OC(=O)[C@]1(C)NC(=O)[C@@H]2CCCl.Cc1ccccc1. The maximum atomic E-state index is 11.7. The quantitative estimate of drug-likeness (QED) is 0.663. The lowest BCUT2D eigenvalue weighted by Crippen LogP contribution is -2.73. The third kappa shape index (κ3) is 3.44. The summed E-state index contributed by atoms with van der Waals surface area (Å²) >= 11 is 5.66. The van der Waals surface area contributed by atoms with Crippen LogP contribution in [0.4, 0.5) is 0 Å². The lowest BCUT2D eigenvalue weighted by molar-refractivity contribution is -0.222. The van der Waals surface area contributed by atoms with E-state index in [1.807, 2.05) is 39.0 Å². The molecule has 0 spiro atoms. The van der Waals surface area contributed by atoms with Gasteiger partial charge in [0, 0.05) is 5.88 Å². The summed E-state index contributed by atoms with van der Waals surface area (Å²) in [7, 11) is 0. The molecule has 0 aliphatic carbocycles. The second-order valence-electron chi connectivity index (χ2n) is 5.93. The minimum Gasteiger partial charge on any atom is -0.453 e. The van der Waals surface area contributed by atoms with Crippen LogP contribution in [0, 0.1) is 12.8 Å². The molecule has 1 N–H and O–H groups in total. The Labute approximate surface area is 149 Å². The van der Waals surface area contributed by atoms with Crippen LogP contribution in [0.15, 0.2) is 30.3 Å². The molecule has 0 radical (unpaired) electrons. The zero-order valence-corrected chi connectivity index (χ0v) is 15.9. The number of hydrogen-bond acceptors (Lipinski definition) is 3. The lowest BCUT2D eigenvalue weighted by Gasteiger charge is -2.51. The molecule has 2 heterocycles. The van der Waals surface area contributed by atoms with Crippen LogP contribution in [0.5, 0.6) is 0 Å². The molecule has 0 aromatic heterocycles. The highest BCUT2D eigenvalue weighted by molar-refractivity contribution is 6.18. The summed E-state index contributed by atoms with van der Waals surface area (Å²) in [6.45, 7) is 9.74. The van der Waals surface area contributed by atoms with Crippen LogP contribution in [0.25, 0.3) is 0 Å². The minimum absolute atomic E-state index is 0.120. The number of esters is 1. The van der Waals surface area contributed by atoms with E-state index in [-0.39, 0.29) is 17.8 Å². The molecule has 3 atom stereocenters. The lowest BCUT2D eigenvalue weighted by atomic mass is 9.69. The average molecular weight is 354 g/mol. The van der Waals surface area contributed by atoms with Crippen molar-refractivity contribution in [2.75, 3.05) is 5.88 Å². The van der Waals surface area contributed by atoms with Crippen molar-refractivity contribution in [3.63, 3.8) is 0 Å². The number of fused-ring (bicyclic) bond motifs is 1. The number of amides is 1. The number of carbonyl (C=O) groups excluding carboxylic acids is 2. The summed E-state index contributed by atoms with van der Waals surface area (Å²) in [5.41, 5.74) is -0.187. The Morgan fingerprint density at radius 1 is 1.21 bits per heavy atom. The smallest absolute Gasteiger partial charge is 0.336 e. The largest absolute Gasteiger partial charge is 0.453 e. The van der Waals surface area contributed by atoms with Crippen LogP contribution in [-0.2, 0) is 14.3 Å². The summed E-state index contributed by atoms with van der Waals surface area (Å²) in [5.74, 6) is -0.365. The zero-order valence-electron chi connectivity index (χ0n) is 15.2. The van der Waals surface area contributed by atoms with Gasteiger partial charge in [-0.2, -0.15) is 0 Å². The second-order valence-corrected chi connectivity index (χ2v) is 6.31.